The molecule has 0 saturated heterocycles. The Morgan fingerprint density at radius 1 is 0.255 bits per heavy atom. The Bertz CT molecular complexity index is 2030. The van der Waals surface area contributed by atoms with Gasteiger partial charge < -0.3 is 33.8 Å². The molecule has 0 radical (unpaired) electrons. The van der Waals surface area contributed by atoms with Gasteiger partial charge in [-0.3, -0.25) is 37.3 Å². The normalized spacial score (nSPS) is 13.8. The summed E-state index contributed by atoms with van der Waals surface area (Å²) >= 11 is 0. The molecule has 17 nitrogen and oxygen atoms in total. The molecule has 0 aliphatic carbocycles. The van der Waals surface area contributed by atoms with E-state index in [1.165, 1.54) is 283 Å². The number of unbranched alkanes of at least 4 members (excludes halogenated alkanes) is 56. The minimum absolute atomic E-state index is 0.108. The number of hydrogen-bond donors (Lipinski definition) is 3. The van der Waals surface area contributed by atoms with Crippen LogP contribution >= 0.6 is 15.6 Å². The van der Waals surface area contributed by atoms with Crippen molar-refractivity contribution in [3.63, 3.8) is 0 Å². The van der Waals surface area contributed by atoms with Crippen molar-refractivity contribution in [3.05, 3.63) is 0 Å². The molecule has 0 spiro atoms. The number of hydrogen-bond acceptors (Lipinski definition) is 15. The second kappa shape index (κ2) is 78.3. The van der Waals surface area contributed by atoms with E-state index >= 15 is 0 Å². The van der Waals surface area contributed by atoms with Gasteiger partial charge in [0, 0.05) is 25.7 Å². The van der Waals surface area contributed by atoms with E-state index in [0.29, 0.717) is 25.7 Å². The second-order valence-corrected chi connectivity index (χ2v) is 35.1. The molecule has 106 heavy (non-hydrogen) atoms. The smallest absolute Gasteiger partial charge is 0.462 e. The minimum atomic E-state index is -4.97. The quantitative estimate of drug-likeness (QED) is 0.0222. The number of carbonyl (C=O) groups is 4. The lowest BCUT2D eigenvalue weighted by atomic mass is 10.0. The van der Waals surface area contributed by atoms with Gasteiger partial charge in [-0.05, 0) is 37.5 Å². The number of rotatable bonds is 86. The molecule has 0 amide bonds. The zero-order valence-corrected chi connectivity index (χ0v) is 71.5. The van der Waals surface area contributed by atoms with E-state index in [1.54, 1.807) is 0 Å². The molecule has 0 saturated carbocycles. The van der Waals surface area contributed by atoms with Crippen molar-refractivity contribution in [2.75, 3.05) is 39.6 Å². The molecular weight excluding hydrogens is 1380 g/mol. The van der Waals surface area contributed by atoms with Gasteiger partial charge >= 0.3 is 39.5 Å². The maximum absolute atomic E-state index is 13.2. The maximum atomic E-state index is 13.2. The van der Waals surface area contributed by atoms with Gasteiger partial charge in [-0.15, -0.1) is 0 Å². The first-order chi connectivity index (χ1) is 51.4. The summed E-state index contributed by atoms with van der Waals surface area (Å²) in [5, 5.41) is 10.7. The zero-order valence-electron chi connectivity index (χ0n) is 69.7. The van der Waals surface area contributed by atoms with Crippen LogP contribution in [0.2, 0.25) is 0 Å². The van der Waals surface area contributed by atoms with E-state index in [-0.39, 0.29) is 25.7 Å². The summed E-state index contributed by atoms with van der Waals surface area (Å²) in [6, 6.07) is 0. The van der Waals surface area contributed by atoms with Crippen LogP contribution in [-0.4, -0.2) is 96.7 Å². The molecule has 5 atom stereocenters. The van der Waals surface area contributed by atoms with Gasteiger partial charge in [0.2, 0.25) is 0 Å². The fraction of sp³-hybridized carbons (Fsp3) is 0.954. The van der Waals surface area contributed by atoms with E-state index in [2.05, 4.69) is 41.5 Å². The van der Waals surface area contributed by atoms with Crippen LogP contribution in [-0.2, 0) is 65.4 Å². The van der Waals surface area contributed by atoms with E-state index in [4.69, 9.17) is 37.0 Å². The van der Waals surface area contributed by atoms with Crippen molar-refractivity contribution in [2.24, 2.45) is 11.8 Å². The van der Waals surface area contributed by atoms with E-state index in [9.17, 15) is 43.2 Å². The Labute approximate surface area is 651 Å². The van der Waals surface area contributed by atoms with E-state index in [0.717, 1.165) is 102 Å². The molecule has 0 aliphatic heterocycles. The lowest BCUT2D eigenvalue weighted by Crippen LogP contribution is -2.30. The number of phosphoric acid groups is 2. The summed E-state index contributed by atoms with van der Waals surface area (Å²) < 4.78 is 69.0. The van der Waals surface area contributed by atoms with Crippen LogP contribution in [0, 0.1) is 11.8 Å². The Kier molecular flexibility index (Phi) is 76.9. The summed E-state index contributed by atoms with van der Waals surface area (Å²) in [6.07, 6.45) is 70.8. The highest BCUT2D eigenvalue weighted by atomic mass is 31.2. The molecule has 0 aromatic rings. The third-order valence-electron chi connectivity index (χ3n) is 20.5. The third-order valence-corrected chi connectivity index (χ3v) is 22.4. The zero-order chi connectivity index (χ0) is 77.8. The number of ether oxygens (including phenoxy) is 4. The molecule has 0 bridgehead atoms. The number of aliphatic hydroxyl groups excluding tert-OH is 1. The monoisotopic (exact) mass is 1550 g/mol. The van der Waals surface area contributed by atoms with Crippen LogP contribution in [0.15, 0.2) is 0 Å². The topological polar surface area (TPSA) is 237 Å². The van der Waals surface area contributed by atoms with Gasteiger partial charge in [0.1, 0.15) is 19.3 Å². The predicted molar refractivity (Wildman–Crippen MR) is 437 cm³/mol. The average Bonchev–Trinajstić information content (AvgIpc) is 0.897. The van der Waals surface area contributed by atoms with Crippen LogP contribution in [0.4, 0.5) is 0 Å². The first-order valence-corrected chi connectivity index (χ1v) is 48.0. The van der Waals surface area contributed by atoms with Crippen LogP contribution in [0.1, 0.15) is 465 Å². The lowest BCUT2D eigenvalue weighted by molar-refractivity contribution is -0.161. The summed E-state index contributed by atoms with van der Waals surface area (Å²) in [6.45, 7) is 9.69. The molecule has 0 fully saturated rings. The Balaban J connectivity index is 5.25. The minimum Gasteiger partial charge on any atom is -0.462 e. The number of phosphoric ester groups is 2. The van der Waals surface area contributed by atoms with Gasteiger partial charge in [0.05, 0.1) is 26.4 Å². The van der Waals surface area contributed by atoms with Gasteiger partial charge in [0.15, 0.2) is 12.2 Å². The first kappa shape index (κ1) is 104. The standard InChI is InChI=1S/C87H170O17P2/c1-7-9-11-13-15-17-19-21-23-25-26-27-28-32-37-41-47-54-60-66-72-86(91)103-82(75-97-84(89)69-63-57-51-45-39-35-33-29-30-34-38-43-49-55-61-67-79(3)4)77-101-105(93,94)99-73-81(88)74-100-106(95,96)102-78-83(76-98-85(90)70-64-58-52-48-42-44-50-56-62-68-80(5)6)104-87(92)71-65-59-53-46-40-36-31-24-22-20-18-16-14-12-10-8-2/h79-83,88H,7-78H2,1-6H3,(H,93,94)(H,95,96)/t81-,82-,83-/m1/s1. The predicted octanol–water partition coefficient (Wildman–Crippen LogP) is 26.6. The molecule has 0 rings (SSSR count). The Morgan fingerprint density at radius 3 is 0.642 bits per heavy atom. The van der Waals surface area contributed by atoms with Gasteiger partial charge in [-0.25, -0.2) is 9.13 Å². The number of aliphatic hydroxyl groups is 1. The summed E-state index contributed by atoms with van der Waals surface area (Å²) in [5.74, 6) is -0.549. The van der Waals surface area contributed by atoms with Gasteiger partial charge in [-0.1, -0.05) is 414 Å². The van der Waals surface area contributed by atoms with Crippen LogP contribution in [0.5, 0.6) is 0 Å². The SMILES string of the molecule is CCCCCCCCCCCCCCCCCCCCCCC(=O)O[C@H](COC(=O)CCCCCCCCCCCCCCCCCC(C)C)COP(=O)(O)OC[C@@H](O)COP(=O)(O)OC[C@@H](COC(=O)CCCCCCCCCCCC(C)C)OC(=O)CCCCCCCCCCCCCCCCCC. The third kappa shape index (κ3) is 80.1. The molecule has 19 heteroatoms. The molecule has 0 aromatic carbocycles. The molecule has 0 heterocycles. The highest BCUT2D eigenvalue weighted by Crippen LogP contribution is 2.45. The van der Waals surface area contributed by atoms with Crippen molar-refractivity contribution in [1.29, 1.82) is 0 Å². The van der Waals surface area contributed by atoms with Crippen molar-refractivity contribution in [2.45, 2.75) is 484 Å². The largest absolute Gasteiger partial charge is 0.472 e. The Morgan fingerprint density at radius 2 is 0.434 bits per heavy atom. The van der Waals surface area contributed by atoms with Crippen molar-refractivity contribution < 1.29 is 80.2 Å². The lowest BCUT2D eigenvalue weighted by Gasteiger charge is -2.21. The van der Waals surface area contributed by atoms with Crippen LogP contribution in [0.25, 0.3) is 0 Å². The van der Waals surface area contributed by atoms with Crippen molar-refractivity contribution in [3.8, 4) is 0 Å². The second-order valence-electron chi connectivity index (χ2n) is 32.2. The Hall–Kier alpha value is -1.94. The molecule has 2 unspecified atom stereocenters. The highest BCUT2D eigenvalue weighted by Gasteiger charge is 2.30. The molecule has 630 valence electrons. The first-order valence-electron chi connectivity index (χ1n) is 45.0. The van der Waals surface area contributed by atoms with E-state index < -0.39 is 97.5 Å². The average molecular weight is 1550 g/mol. The maximum Gasteiger partial charge on any atom is 0.472 e. The summed E-state index contributed by atoms with van der Waals surface area (Å²) in [4.78, 5) is 73.3. The van der Waals surface area contributed by atoms with Crippen LogP contribution < -0.4 is 0 Å². The number of esters is 4. The van der Waals surface area contributed by atoms with Crippen LogP contribution in [0.3, 0.4) is 0 Å². The van der Waals surface area contributed by atoms with Gasteiger partial charge in [0.25, 0.3) is 0 Å². The summed E-state index contributed by atoms with van der Waals surface area (Å²) in [5.41, 5.74) is 0. The fourth-order valence-electron chi connectivity index (χ4n) is 13.6. The fourth-order valence-corrected chi connectivity index (χ4v) is 15.2. The number of carbonyl (C=O) groups excluding carboxylic acids is 4. The summed E-state index contributed by atoms with van der Waals surface area (Å²) in [7, 11) is -9.93. The van der Waals surface area contributed by atoms with E-state index in [1.807, 2.05) is 0 Å². The van der Waals surface area contributed by atoms with Crippen molar-refractivity contribution >= 4 is 39.5 Å². The van der Waals surface area contributed by atoms with Gasteiger partial charge in [-0.2, -0.15) is 0 Å². The molecule has 0 aliphatic rings. The highest BCUT2D eigenvalue weighted by molar-refractivity contribution is 7.47. The molecule has 0 aromatic heterocycles. The molecular formula is C87H170O17P2. The molecule has 3 N–H and O–H groups in total. The van der Waals surface area contributed by atoms with Crippen molar-refractivity contribution in [1.82, 2.24) is 0 Å².